The second kappa shape index (κ2) is 3.93. The molecular weight excluding hydrogens is 242 g/mol. The molecule has 2 heterocycles. The van der Waals surface area contributed by atoms with E-state index in [0.717, 1.165) is 31.5 Å². The van der Waals surface area contributed by atoms with Gasteiger partial charge in [0, 0.05) is 42.5 Å². The summed E-state index contributed by atoms with van der Waals surface area (Å²) in [6, 6.07) is 6.85. The lowest BCUT2D eigenvalue weighted by Gasteiger charge is -2.29. The van der Waals surface area contributed by atoms with E-state index in [1.165, 1.54) is 12.1 Å². The largest absolute Gasteiger partial charge is 0.366 e. The second-order valence-corrected chi connectivity index (χ2v) is 5.92. The summed E-state index contributed by atoms with van der Waals surface area (Å²) in [5.74, 6) is 0.415. The highest BCUT2D eigenvalue weighted by Crippen LogP contribution is 2.46. The summed E-state index contributed by atoms with van der Waals surface area (Å²) in [5.41, 5.74) is 2.41. The summed E-state index contributed by atoms with van der Waals surface area (Å²) in [7, 11) is 0. The van der Waals surface area contributed by atoms with Crippen LogP contribution in [0.3, 0.4) is 0 Å². The molecule has 3 aliphatic rings. The van der Waals surface area contributed by atoms with Gasteiger partial charge in [-0.15, -0.1) is 0 Å². The van der Waals surface area contributed by atoms with E-state index in [1.807, 2.05) is 6.07 Å². The van der Waals surface area contributed by atoms with Gasteiger partial charge >= 0.3 is 0 Å². The standard InChI is InChI=1S/C14H17N3O2/c18-17(19)14-4-3-11(6-13(14)9-1-2-9)16-8-10-5-12(16)7-15-10/h3-4,6,9-10,12,15H,1-2,5,7-8H2/t10?,12-/m0/s1. The van der Waals surface area contributed by atoms with Crippen LogP contribution < -0.4 is 10.2 Å². The average molecular weight is 259 g/mol. The Morgan fingerprint density at radius 1 is 1.37 bits per heavy atom. The molecule has 2 bridgehead atoms. The maximum absolute atomic E-state index is 11.1. The molecular formula is C14H17N3O2. The number of hydrogen-bond acceptors (Lipinski definition) is 4. The van der Waals surface area contributed by atoms with Crippen LogP contribution in [0.25, 0.3) is 0 Å². The topological polar surface area (TPSA) is 58.4 Å². The number of nitrogens with zero attached hydrogens (tertiary/aromatic N) is 2. The molecule has 2 saturated heterocycles. The molecule has 1 aliphatic carbocycles. The van der Waals surface area contributed by atoms with E-state index >= 15 is 0 Å². The molecule has 100 valence electrons. The Morgan fingerprint density at radius 3 is 2.79 bits per heavy atom. The quantitative estimate of drug-likeness (QED) is 0.666. The Morgan fingerprint density at radius 2 is 2.21 bits per heavy atom. The Labute approximate surface area is 111 Å². The third-order valence-electron chi connectivity index (χ3n) is 4.61. The van der Waals surface area contributed by atoms with Crippen molar-refractivity contribution in [3.8, 4) is 0 Å². The molecule has 19 heavy (non-hydrogen) atoms. The Hall–Kier alpha value is -1.62. The minimum Gasteiger partial charge on any atom is -0.366 e. The summed E-state index contributed by atoms with van der Waals surface area (Å²) >= 11 is 0. The highest BCUT2D eigenvalue weighted by Gasteiger charge is 2.38. The van der Waals surface area contributed by atoms with Gasteiger partial charge in [0.25, 0.3) is 5.69 Å². The van der Waals surface area contributed by atoms with Gasteiger partial charge in [0.1, 0.15) is 0 Å². The molecule has 4 rings (SSSR count). The Kier molecular flexibility index (Phi) is 2.33. The van der Waals surface area contributed by atoms with E-state index in [2.05, 4.69) is 16.3 Å². The minimum absolute atomic E-state index is 0.241. The van der Waals surface area contributed by atoms with Crippen LogP contribution in [0.1, 0.15) is 30.7 Å². The lowest BCUT2D eigenvalue weighted by molar-refractivity contribution is -0.385. The normalized spacial score (nSPS) is 28.9. The van der Waals surface area contributed by atoms with Crippen LogP contribution >= 0.6 is 0 Å². The summed E-state index contributed by atoms with van der Waals surface area (Å²) in [6.07, 6.45) is 3.39. The van der Waals surface area contributed by atoms with Gasteiger partial charge in [-0.25, -0.2) is 0 Å². The van der Waals surface area contributed by atoms with Crippen molar-refractivity contribution in [1.82, 2.24) is 5.32 Å². The fourth-order valence-corrected chi connectivity index (χ4v) is 3.49. The summed E-state index contributed by atoms with van der Waals surface area (Å²) in [4.78, 5) is 13.3. The number of benzene rings is 1. The molecule has 5 heteroatoms. The van der Waals surface area contributed by atoms with E-state index in [0.29, 0.717) is 23.7 Å². The van der Waals surface area contributed by atoms with Crippen molar-refractivity contribution in [2.75, 3.05) is 18.0 Å². The third kappa shape index (κ3) is 1.80. The number of rotatable bonds is 3. The van der Waals surface area contributed by atoms with Crippen molar-refractivity contribution in [2.45, 2.75) is 37.3 Å². The highest BCUT2D eigenvalue weighted by atomic mass is 16.6. The molecule has 1 aromatic rings. The van der Waals surface area contributed by atoms with Gasteiger partial charge in [0.15, 0.2) is 0 Å². The molecule has 5 nitrogen and oxygen atoms in total. The Bertz CT molecular complexity index is 541. The molecule has 0 spiro atoms. The predicted molar refractivity (Wildman–Crippen MR) is 72.6 cm³/mol. The van der Waals surface area contributed by atoms with Gasteiger partial charge in [-0.3, -0.25) is 10.1 Å². The molecule has 1 saturated carbocycles. The molecule has 0 amide bonds. The summed E-state index contributed by atoms with van der Waals surface area (Å²) < 4.78 is 0. The first-order valence-corrected chi connectivity index (χ1v) is 7.01. The summed E-state index contributed by atoms with van der Waals surface area (Å²) in [5, 5.41) is 14.6. The Balaban J connectivity index is 1.70. The number of nitrogens with one attached hydrogen (secondary N) is 1. The lowest BCUT2D eigenvalue weighted by atomic mass is 10.1. The average Bonchev–Trinajstić information content (AvgIpc) is 3.05. The van der Waals surface area contributed by atoms with E-state index in [1.54, 1.807) is 6.07 Å². The zero-order valence-corrected chi connectivity index (χ0v) is 10.7. The number of hydrogen-bond donors (Lipinski definition) is 1. The van der Waals surface area contributed by atoms with Crippen molar-refractivity contribution in [3.63, 3.8) is 0 Å². The smallest absolute Gasteiger partial charge is 0.273 e. The van der Waals surface area contributed by atoms with Gasteiger partial charge in [-0.1, -0.05) is 0 Å². The van der Waals surface area contributed by atoms with Crippen molar-refractivity contribution >= 4 is 11.4 Å². The number of nitro groups is 1. The van der Waals surface area contributed by atoms with Crippen LogP contribution in [0.2, 0.25) is 0 Å². The van der Waals surface area contributed by atoms with E-state index < -0.39 is 0 Å². The van der Waals surface area contributed by atoms with Crippen LogP contribution in [-0.4, -0.2) is 30.1 Å². The molecule has 2 aliphatic heterocycles. The van der Waals surface area contributed by atoms with E-state index in [4.69, 9.17) is 0 Å². The van der Waals surface area contributed by atoms with Crippen molar-refractivity contribution in [1.29, 1.82) is 0 Å². The van der Waals surface area contributed by atoms with Crippen LogP contribution in [0, 0.1) is 10.1 Å². The molecule has 3 fully saturated rings. The first-order valence-electron chi connectivity index (χ1n) is 7.01. The molecule has 1 aromatic carbocycles. The van der Waals surface area contributed by atoms with Gasteiger partial charge in [-0.05, 0) is 37.3 Å². The second-order valence-electron chi connectivity index (χ2n) is 5.92. The van der Waals surface area contributed by atoms with Crippen LogP contribution in [0.15, 0.2) is 18.2 Å². The highest BCUT2D eigenvalue weighted by molar-refractivity contribution is 5.59. The molecule has 0 aromatic heterocycles. The first kappa shape index (κ1) is 11.2. The van der Waals surface area contributed by atoms with E-state index in [9.17, 15) is 10.1 Å². The third-order valence-corrected chi connectivity index (χ3v) is 4.61. The fourth-order valence-electron chi connectivity index (χ4n) is 3.49. The molecule has 0 radical (unpaired) electrons. The van der Waals surface area contributed by atoms with Crippen molar-refractivity contribution < 1.29 is 4.92 Å². The predicted octanol–water partition coefficient (Wildman–Crippen LogP) is 2.02. The zero-order valence-electron chi connectivity index (χ0n) is 10.7. The zero-order chi connectivity index (χ0) is 13.0. The fraction of sp³-hybridized carbons (Fsp3) is 0.571. The first-order chi connectivity index (χ1) is 9.22. The maximum atomic E-state index is 11.1. The van der Waals surface area contributed by atoms with Crippen molar-refractivity contribution in [3.05, 3.63) is 33.9 Å². The number of fused-ring (bicyclic) bond motifs is 2. The SMILES string of the molecule is O=[N+]([O-])c1ccc(N2CC3C[C@H]2CN3)cc1C1CC1. The van der Waals surface area contributed by atoms with Crippen molar-refractivity contribution in [2.24, 2.45) is 0 Å². The summed E-state index contributed by atoms with van der Waals surface area (Å²) in [6.45, 7) is 2.08. The minimum atomic E-state index is -0.241. The van der Waals surface area contributed by atoms with Crippen LogP contribution in [0.5, 0.6) is 0 Å². The number of nitro benzene ring substituents is 1. The molecule has 2 atom stereocenters. The van der Waals surface area contributed by atoms with Gasteiger partial charge in [0.05, 0.1) is 4.92 Å². The van der Waals surface area contributed by atoms with E-state index in [-0.39, 0.29) is 4.92 Å². The lowest BCUT2D eigenvalue weighted by Crippen LogP contribution is -2.43. The number of piperazine rings is 1. The monoisotopic (exact) mass is 259 g/mol. The molecule has 1 unspecified atom stereocenters. The van der Waals surface area contributed by atoms with Crippen LogP contribution in [0.4, 0.5) is 11.4 Å². The van der Waals surface area contributed by atoms with Gasteiger partial charge in [-0.2, -0.15) is 0 Å². The maximum Gasteiger partial charge on any atom is 0.273 e. The van der Waals surface area contributed by atoms with Crippen LogP contribution in [-0.2, 0) is 0 Å². The molecule has 1 N–H and O–H groups in total. The number of anilines is 1. The van der Waals surface area contributed by atoms with Gasteiger partial charge < -0.3 is 10.2 Å². The van der Waals surface area contributed by atoms with Gasteiger partial charge in [0.2, 0.25) is 0 Å².